The summed E-state index contributed by atoms with van der Waals surface area (Å²) in [5, 5.41) is 5.08. The Labute approximate surface area is 173 Å². The Balaban J connectivity index is 1.43. The lowest BCUT2D eigenvalue weighted by Crippen LogP contribution is -2.22. The number of imidazole rings is 1. The van der Waals surface area contributed by atoms with E-state index in [1.54, 1.807) is 12.3 Å². The van der Waals surface area contributed by atoms with Crippen molar-refractivity contribution in [1.82, 2.24) is 15.0 Å². The van der Waals surface area contributed by atoms with E-state index in [1.807, 2.05) is 25.1 Å². The van der Waals surface area contributed by atoms with Gasteiger partial charge in [0.2, 0.25) is 5.91 Å². The number of nitrogens with zero attached hydrogens (tertiary/aromatic N) is 2. The lowest BCUT2D eigenvalue weighted by atomic mass is 10.2. The first-order valence-corrected chi connectivity index (χ1v) is 10.5. The summed E-state index contributed by atoms with van der Waals surface area (Å²) in [6, 6.07) is 9.51. The van der Waals surface area contributed by atoms with E-state index >= 15 is 0 Å². The van der Waals surface area contributed by atoms with Gasteiger partial charge in [0, 0.05) is 10.9 Å². The Morgan fingerprint density at radius 2 is 2.00 bits per heavy atom. The normalized spacial score (nSPS) is 12.3. The molecule has 4 aromatic rings. The van der Waals surface area contributed by atoms with Crippen LogP contribution in [0.3, 0.4) is 0 Å². The second-order valence-electron chi connectivity index (χ2n) is 6.48. The average Bonchev–Trinajstić information content (AvgIpc) is 3.30. The molecule has 2 aromatic carbocycles. The van der Waals surface area contributed by atoms with E-state index in [0.29, 0.717) is 21.5 Å². The molecule has 148 valence electrons. The van der Waals surface area contributed by atoms with Crippen molar-refractivity contribution in [2.75, 3.05) is 5.32 Å². The van der Waals surface area contributed by atoms with Crippen molar-refractivity contribution < 1.29 is 13.6 Å². The lowest BCUT2D eigenvalue weighted by Gasteiger charge is -2.08. The van der Waals surface area contributed by atoms with Crippen molar-refractivity contribution in [1.29, 1.82) is 0 Å². The van der Waals surface area contributed by atoms with Gasteiger partial charge < -0.3 is 10.3 Å². The van der Waals surface area contributed by atoms with Gasteiger partial charge >= 0.3 is 0 Å². The summed E-state index contributed by atoms with van der Waals surface area (Å²) in [6.07, 6.45) is 0. The number of thioether (sulfide) groups is 1. The molecule has 0 aliphatic rings. The van der Waals surface area contributed by atoms with Gasteiger partial charge in [0.15, 0.2) is 21.9 Å². The Kier molecular flexibility index (Phi) is 5.33. The quantitative estimate of drug-likeness (QED) is 0.416. The molecule has 2 heterocycles. The maximum Gasteiger partial charge on any atom is 0.239 e. The van der Waals surface area contributed by atoms with E-state index in [2.05, 4.69) is 20.3 Å². The predicted molar refractivity (Wildman–Crippen MR) is 112 cm³/mol. The van der Waals surface area contributed by atoms with Gasteiger partial charge in [0.05, 0.1) is 22.0 Å². The molecule has 2 N–H and O–H groups in total. The van der Waals surface area contributed by atoms with E-state index in [4.69, 9.17) is 0 Å². The number of benzene rings is 2. The summed E-state index contributed by atoms with van der Waals surface area (Å²) in [7, 11) is 0. The number of amides is 1. The minimum absolute atomic E-state index is 0.224. The number of thiazole rings is 1. The van der Waals surface area contributed by atoms with Gasteiger partial charge in [-0.2, -0.15) is 0 Å². The molecular formula is C20H16F2N4OS2. The fourth-order valence-corrected chi connectivity index (χ4v) is 4.25. The maximum atomic E-state index is 13.4. The molecule has 0 saturated heterocycles. The zero-order chi connectivity index (χ0) is 20.5. The SMILES string of the molecule is Cc1ccc2nc(S[C@H](C)C(=O)Nc3nc(-c4ccc(F)c(F)c4)cs3)[nH]c2c1. The molecule has 0 spiro atoms. The third-order valence-electron chi connectivity index (χ3n) is 4.22. The van der Waals surface area contributed by atoms with Crippen molar-refractivity contribution in [3.8, 4) is 11.3 Å². The first-order valence-electron chi connectivity index (χ1n) is 8.74. The van der Waals surface area contributed by atoms with Crippen molar-refractivity contribution >= 4 is 45.2 Å². The zero-order valence-electron chi connectivity index (χ0n) is 15.5. The second-order valence-corrected chi connectivity index (χ2v) is 8.67. The molecule has 4 rings (SSSR count). The number of halogens is 2. The van der Waals surface area contributed by atoms with Gasteiger partial charge in [-0.15, -0.1) is 11.3 Å². The highest BCUT2D eigenvalue weighted by Gasteiger charge is 2.18. The van der Waals surface area contributed by atoms with Crippen LogP contribution >= 0.6 is 23.1 Å². The number of aryl methyl sites for hydroxylation is 1. The van der Waals surface area contributed by atoms with Crippen molar-refractivity contribution in [2.45, 2.75) is 24.3 Å². The lowest BCUT2D eigenvalue weighted by molar-refractivity contribution is -0.115. The highest BCUT2D eigenvalue weighted by atomic mass is 32.2. The summed E-state index contributed by atoms with van der Waals surface area (Å²) >= 11 is 2.54. The molecule has 1 amide bonds. The predicted octanol–water partition coefficient (Wildman–Crippen LogP) is 5.39. The van der Waals surface area contributed by atoms with E-state index in [-0.39, 0.29) is 5.91 Å². The van der Waals surface area contributed by atoms with Crippen LogP contribution in [-0.2, 0) is 4.79 Å². The Bertz CT molecular complexity index is 1200. The average molecular weight is 431 g/mol. The van der Waals surface area contributed by atoms with Crippen LogP contribution in [0.25, 0.3) is 22.3 Å². The fourth-order valence-electron chi connectivity index (χ4n) is 2.70. The summed E-state index contributed by atoms with van der Waals surface area (Å²) in [5.74, 6) is -2.07. The molecule has 0 aliphatic heterocycles. The van der Waals surface area contributed by atoms with Gasteiger partial charge in [-0.3, -0.25) is 4.79 Å². The molecule has 9 heteroatoms. The molecule has 29 heavy (non-hydrogen) atoms. The van der Waals surface area contributed by atoms with Crippen LogP contribution in [0.5, 0.6) is 0 Å². The first kappa shape index (κ1) is 19.5. The zero-order valence-corrected chi connectivity index (χ0v) is 17.1. The van der Waals surface area contributed by atoms with Crippen molar-refractivity contribution in [3.63, 3.8) is 0 Å². The number of fused-ring (bicyclic) bond motifs is 1. The number of aromatic amines is 1. The van der Waals surface area contributed by atoms with Gasteiger partial charge in [0.25, 0.3) is 0 Å². The van der Waals surface area contributed by atoms with Crippen molar-refractivity contribution in [3.05, 3.63) is 59.0 Å². The standard InChI is InChI=1S/C20H16F2N4OS2/c1-10-3-6-15-16(7-10)24-20(23-15)29-11(2)18(27)26-19-25-17(9-28-19)12-4-5-13(21)14(22)8-12/h3-9,11H,1-2H3,(H,23,24)(H,25,26,27)/t11-/m1/s1. The molecule has 1 atom stereocenters. The summed E-state index contributed by atoms with van der Waals surface area (Å²) < 4.78 is 26.5. The highest BCUT2D eigenvalue weighted by Crippen LogP contribution is 2.28. The number of aromatic nitrogens is 3. The molecule has 2 aromatic heterocycles. The molecule has 5 nitrogen and oxygen atoms in total. The van der Waals surface area contributed by atoms with E-state index < -0.39 is 16.9 Å². The van der Waals surface area contributed by atoms with E-state index in [9.17, 15) is 13.6 Å². The fraction of sp³-hybridized carbons (Fsp3) is 0.150. The minimum atomic E-state index is -0.938. The third kappa shape index (κ3) is 4.30. The monoisotopic (exact) mass is 430 g/mol. The van der Waals surface area contributed by atoms with Crippen LogP contribution < -0.4 is 5.32 Å². The molecule has 0 fully saturated rings. The number of hydrogen-bond donors (Lipinski definition) is 2. The Morgan fingerprint density at radius 1 is 1.17 bits per heavy atom. The summed E-state index contributed by atoms with van der Waals surface area (Å²) in [6.45, 7) is 3.79. The smallest absolute Gasteiger partial charge is 0.239 e. The molecule has 0 radical (unpaired) electrons. The summed E-state index contributed by atoms with van der Waals surface area (Å²) in [5.41, 5.74) is 3.82. The number of carbonyl (C=O) groups excluding carboxylic acids is 1. The van der Waals surface area contributed by atoms with Crippen LogP contribution in [0.2, 0.25) is 0 Å². The topological polar surface area (TPSA) is 70.7 Å². The maximum absolute atomic E-state index is 13.4. The molecule has 0 aliphatic carbocycles. The first-order chi connectivity index (χ1) is 13.9. The van der Waals surface area contributed by atoms with Crippen LogP contribution in [0.15, 0.2) is 46.9 Å². The van der Waals surface area contributed by atoms with Gasteiger partial charge in [-0.1, -0.05) is 17.8 Å². The molecule has 0 saturated carbocycles. The number of anilines is 1. The molecular weight excluding hydrogens is 414 g/mol. The van der Waals surface area contributed by atoms with Gasteiger partial charge in [-0.05, 0) is 49.7 Å². The van der Waals surface area contributed by atoms with Gasteiger partial charge in [0.1, 0.15) is 0 Å². The Morgan fingerprint density at radius 3 is 2.79 bits per heavy atom. The number of H-pyrrole nitrogens is 1. The van der Waals surface area contributed by atoms with E-state index in [1.165, 1.54) is 29.2 Å². The van der Waals surface area contributed by atoms with Crippen LogP contribution in [0.4, 0.5) is 13.9 Å². The van der Waals surface area contributed by atoms with E-state index in [0.717, 1.165) is 28.7 Å². The van der Waals surface area contributed by atoms with Crippen molar-refractivity contribution in [2.24, 2.45) is 0 Å². The minimum Gasteiger partial charge on any atom is -0.333 e. The van der Waals surface area contributed by atoms with Gasteiger partial charge in [-0.25, -0.2) is 18.7 Å². The Hall–Kier alpha value is -2.78. The molecule has 0 bridgehead atoms. The number of hydrogen-bond acceptors (Lipinski definition) is 5. The largest absolute Gasteiger partial charge is 0.333 e. The molecule has 0 unspecified atom stereocenters. The number of nitrogens with one attached hydrogen (secondary N) is 2. The highest BCUT2D eigenvalue weighted by molar-refractivity contribution is 8.00. The number of rotatable bonds is 5. The van der Waals surface area contributed by atoms with Crippen LogP contribution in [0, 0.1) is 18.6 Å². The third-order valence-corrected chi connectivity index (χ3v) is 5.96. The van der Waals surface area contributed by atoms with Crippen LogP contribution in [0.1, 0.15) is 12.5 Å². The second kappa shape index (κ2) is 7.92. The summed E-state index contributed by atoms with van der Waals surface area (Å²) in [4.78, 5) is 24.5. The number of carbonyl (C=O) groups is 1. The van der Waals surface area contributed by atoms with Crippen LogP contribution in [-0.4, -0.2) is 26.1 Å².